The average molecular weight is 477 g/mol. The molecular weight excluding hydrogens is 447 g/mol. The molecule has 2 aromatic heterocycles. The van der Waals surface area contributed by atoms with Gasteiger partial charge < -0.3 is 20.1 Å². The summed E-state index contributed by atoms with van der Waals surface area (Å²) in [5.41, 5.74) is 4.02. The van der Waals surface area contributed by atoms with Crippen LogP contribution in [0.1, 0.15) is 53.7 Å². The topological polar surface area (TPSA) is 87.6 Å². The predicted molar refractivity (Wildman–Crippen MR) is 132 cm³/mol. The highest BCUT2D eigenvalue weighted by Gasteiger charge is 2.35. The zero-order valence-corrected chi connectivity index (χ0v) is 20.1. The Bertz CT molecular complexity index is 1270. The zero-order valence-electron chi connectivity index (χ0n) is 20.1. The lowest BCUT2D eigenvalue weighted by Crippen LogP contribution is -2.49. The molecule has 182 valence electrons. The van der Waals surface area contributed by atoms with E-state index in [1.807, 2.05) is 25.1 Å². The molecule has 0 aliphatic carbocycles. The number of hydrogen-bond acceptors (Lipinski definition) is 6. The number of fused-ring (bicyclic) bond motifs is 3. The number of benzene rings is 1. The molecule has 0 bridgehead atoms. The molecule has 3 aromatic rings. The molecule has 7 nitrogen and oxygen atoms in total. The summed E-state index contributed by atoms with van der Waals surface area (Å²) in [6.07, 6.45) is 3.21. The second-order valence-corrected chi connectivity index (χ2v) is 9.69. The van der Waals surface area contributed by atoms with Crippen LogP contribution in [-0.2, 0) is 10.4 Å². The number of hydrogen-bond donors (Lipinski definition) is 2. The molecule has 1 aromatic carbocycles. The van der Waals surface area contributed by atoms with E-state index >= 15 is 0 Å². The van der Waals surface area contributed by atoms with E-state index in [2.05, 4.69) is 26.3 Å². The summed E-state index contributed by atoms with van der Waals surface area (Å²) >= 11 is 0. The third-order valence-electron chi connectivity index (χ3n) is 6.68. The lowest BCUT2D eigenvalue weighted by atomic mass is 9.94. The number of aryl methyl sites for hydroxylation is 1. The van der Waals surface area contributed by atoms with Crippen LogP contribution in [0.5, 0.6) is 0 Å². The lowest BCUT2D eigenvalue weighted by molar-refractivity contribution is 0.0597. The third kappa shape index (κ3) is 4.63. The SMILES string of the molecule is Cc1ccc(NC(=O)c2ccnc(C(C)(C)F)c2)cc1-c1cnc2c(c1)N1CCOCC1CC2O. The van der Waals surface area contributed by atoms with Crippen molar-refractivity contribution < 1.29 is 19.0 Å². The molecule has 2 aliphatic heterocycles. The number of alkyl halides is 1. The molecular formula is C27H29FN4O3. The van der Waals surface area contributed by atoms with Gasteiger partial charge in [-0.1, -0.05) is 6.07 Å². The van der Waals surface area contributed by atoms with Gasteiger partial charge in [-0.25, -0.2) is 4.39 Å². The number of carbonyl (C=O) groups excluding carboxylic acids is 1. The van der Waals surface area contributed by atoms with Gasteiger partial charge in [0, 0.05) is 42.2 Å². The van der Waals surface area contributed by atoms with Gasteiger partial charge in [0.2, 0.25) is 0 Å². The number of anilines is 2. The van der Waals surface area contributed by atoms with E-state index in [4.69, 9.17) is 4.74 Å². The smallest absolute Gasteiger partial charge is 0.255 e. The Balaban J connectivity index is 1.44. The van der Waals surface area contributed by atoms with Crippen molar-refractivity contribution in [1.82, 2.24) is 9.97 Å². The van der Waals surface area contributed by atoms with Gasteiger partial charge in [0.25, 0.3) is 5.91 Å². The van der Waals surface area contributed by atoms with Gasteiger partial charge in [0.15, 0.2) is 0 Å². The normalized spacial score (nSPS) is 19.6. The molecule has 0 radical (unpaired) electrons. The van der Waals surface area contributed by atoms with Gasteiger partial charge in [-0.3, -0.25) is 14.8 Å². The third-order valence-corrected chi connectivity index (χ3v) is 6.68. The first kappa shape index (κ1) is 23.4. The molecule has 8 heteroatoms. The van der Waals surface area contributed by atoms with Crippen molar-refractivity contribution in [2.45, 2.75) is 45.0 Å². The molecule has 5 rings (SSSR count). The maximum atomic E-state index is 14.3. The minimum atomic E-state index is -1.64. The molecule has 2 unspecified atom stereocenters. The number of halogens is 1. The van der Waals surface area contributed by atoms with Crippen molar-refractivity contribution in [3.8, 4) is 11.1 Å². The first-order chi connectivity index (χ1) is 16.7. The van der Waals surface area contributed by atoms with E-state index in [0.29, 0.717) is 36.6 Å². The van der Waals surface area contributed by atoms with Crippen molar-refractivity contribution in [3.63, 3.8) is 0 Å². The van der Waals surface area contributed by atoms with Crippen LogP contribution in [0, 0.1) is 6.92 Å². The molecule has 2 N–H and O–H groups in total. The monoisotopic (exact) mass is 476 g/mol. The Morgan fingerprint density at radius 3 is 2.86 bits per heavy atom. The minimum Gasteiger partial charge on any atom is -0.387 e. The number of amides is 1. The fourth-order valence-corrected chi connectivity index (χ4v) is 4.75. The number of nitrogens with zero attached hydrogens (tertiary/aromatic N) is 3. The van der Waals surface area contributed by atoms with Crippen LogP contribution in [0.3, 0.4) is 0 Å². The molecule has 35 heavy (non-hydrogen) atoms. The van der Waals surface area contributed by atoms with E-state index in [1.54, 1.807) is 12.3 Å². The lowest BCUT2D eigenvalue weighted by Gasteiger charge is -2.43. The van der Waals surface area contributed by atoms with E-state index in [1.165, 1.54) is 26.1 Å². The summed E-state index contributed by atoms with van der Waals surface area (Å²) in [6, 6.07) is 10.9. The number of aliphatic hydroxyl groups excluding tert-OH is 1. The summed E-state index contributed by atoms with van der Waals surface area (Å²) in [6.45, 7) is 6.83. The number of pyridine rings is 2. The van der Waals surface area contributed by atoms with Crippen LogP contribution in [0.15, 0.2) is 48.8 Å². The van der Waals surface area contributed by atoms with Gasteiger partial charge in [-0.15, -0.1) is 0 Å². The minimum absolute atomic E-state index is 0.134. The fourth-order valence-electron chi connectivity index (χ4n) is 4.75. The maximum Gasteiger partial charge on any atom is 0.255 e. The standard InChI is InChI=1S/C27H29FN4O3/c1-16-4-5-19(31-26(34)17-6-7-29-24(11-17)27(2,3)28)12-21(16)18-10-22-25(30-14-18)23(33)13-20-15-35-9-8-32(20)22/h4-7,10-12,14,20,23,33H,8-9,13,15H2,1-3H3,(H,31,34). The maximum absolute atomic E-state index is 14.3. The summed E-state index contributed by atoms with van der Waals surface area (Å²) in [5.74, 6) is -0.337. The Morgan fingerprint density at radius 1 is 1.23 bits per heavy atom. The zero-order chi connectivity index (χ0) is 24.7. The summed E-state index contributed by atoms with van der Waals surface area (Å²) in [5, 5.41) is 13.5. The largest absolute Gasteiger partial charge is 0.387 e. The van der Waals surface area contributed by atoms with E-state index in [0.717, 1.165) is 28.9 Å². The van der Waals surface area contributed by atoms with E-state index in [-0.39, 0.29) is 17.6 Å². The summed E-state index contributed by atoms with van der Waals surface area (Å²) in [7, 11) is 0. The van der Waals surface area contributed by atoms with Crippen LogP contribution < -0.4 is 10.2 Å². The first-order valence-corrected chi connectivity index (χ1v) is 11.8. The predicted octanol–water partition coefficient (Wildman–Crippen LogP) is 4.55. The molecule has 2 aliphatic rings. The molecule has 1 saturated heterocycles. The van der Waals surface area contributed by atoms with Crippen LogP contribution in [0.25, 0.3) is 11.1 Å². The molecule has 2 atom stereocenters. The molecule has 0 spiro atoms. The van der Waals surface area contributed by atoms with Crippen LogP contribution in [-0.4, -0.2) is 46.8 Å². The highest BCUT2D eigenvalue weighted by Crippen LogP contribution is 2.39. The van der Waals surface area contributed by atoms with Gasteiger partial charge in [-0.2, -0.15) is 0 Å². The second-order valence-electron chi connectivity index (χ2n) is 9.69. The van der Waals surface area contributed by atoms with Crippen molar-refractivity contribution in [1.29, 1.82) is 0 Å². The summed E-state index contributed by atoms with van der Waals surface area (Å²) in [4.78, 5) is 23.8. The van der Waals surface area contributed by atoms with Gasteiger partial charge >= 0.3 is 0 Å². The van der Waals surface area contributed by atoms with Crippen molar-refractivity contribution in [2.24, 2.45) is 0 Å². The van der Waals surface area contributed by atoms with Gasteiger partial charge in [0.1, 0.15) is 11.8 Å². The van der Waals surface area contributed by atoms with Crippen molar-refractivity contribution in [2.75, 3.05) is 30.0 Å². The highest BCUT2D eigenvalue weighted by atomic mass is 19.1. The fraction of sp³-hybridized carbons (Fsp3) is 0.370. The highest BCUT2D eigenvalue weighted by molar-refractivity contribution is 6.04. The van der Waals surface area contributed by atoms with Crippen LogP contribution in [0.4, 0.5) is 15.8 Å². The Kier molecular flexibility index (Phi) is 6.02. The number of morpholine rings is 1. The van der Waals surface area contributed by atoms with Crippen molar-refractivity contribution in [3.05, 3.63) is 71.3 Å². The quantitative estimate of drug-likeness (QED) is 0.575. The van der Waals surface area contributed by atoms with E-state index in [9.17, 15) is 14.3 Å². The molecule has 0 saturated carbocycles. The van der Waals surface area contributed by atoms with Crippen LogP contribution in [0.2, 0.25) is 0 Å². The first-order valence-electron chi connectivity index (χ1n) is 11.8. The van der Waals surface area contributed by atoms with Gasteiger partial charge in [-0.05, 0) is 62.2 Å². The Hall–Kier alpha value is -3.36. The molecule has 1 amide bonds. The molecule has 1 fully saturated rings. The number of ether oxygens (including phenoxy) is 1. The number of carbonyl (C=O) groups is 1. The average Bonchev–Trinajstić information content (AvgIpc) is 2.84. The number of aromatic nitrogens is 2. The Morgan fingerprint density at radius 2 is 2.06 bits per heavy atom. The summed E-state index contributed by atoms with van der Waals surface area (Å²) < 4.78 is 19.9. The van der Waals surface area contributed by atoms with Crippen LogP contribution >= 0.6 is 0 Å². The van der Waals surface area contributed by atoms with Crippen molar-refractivity contribution >= 4 is 17.3 Å². The second kappa shape index (κ2) is 9.02. The number of rotatable bonds is 4. The number of aliphatic hydroxyl groups is 1. The Labute approximate surface area is 204 Å². The van der Waals surface area contributed by atoms with E-state index < -0.39 is 11.8 Å². The van der Waals surface area contributed by atoms with Gasteiger partial charge in [0.05, 0.1) is 36.3 Å². The number of nitrogens with one attached hydrogen (secondary N) is 1. The molecule has 4 heterocycles.